The largest absolute Gasteiger partial charge is 0.343 e. The lowest BCUT2D eigenvalue weighted by Gasteiger charge is -2.46. The lowest BCUT2D eigenvalue weighted by molar-refractivity contribution is -0.138. The molecule has 0 bridgehead atoms. The van der Waals surface area contributed by atoms with Gasteiger partial charge in [-0.2, -0.15) is 0 Å². The Labute approximate surface area is 184 Å². The van der Waals surface area contributed by atoms with Crippen LogP contribution in [0.5, 0.6) is 0 Å². The summed E-state index contributed by atoms with van der Waals surface area (Å²) in [6.07, 6.45) is 16.5. The summed E-state index contributed by atoms with van der Waals surface area (Å²) in [6, 6.07) is 0. The Kier molecular flexibility index (Phi) is 7.09. The second-order valence-corrected chi connectivity index (χ2v) is 11.4. The van der Waals surface area contributed by atoms with E-state index in [-0.39, 0.29) is 5.91 Å². The van der Waals surface area contributed by atoms with E-state index in [1.165, 1.54) is 70.6 Å². The molecule has 4 fully saturated rings. The van der Waals surface area contributed by atoms with Crippen LogP contribution < -0.4 is 0 Å². The second-order valence-electron chi connectivity index (χ2n) is 11.4. The fraction of sp³-hybridized carbons (Fsp3) is 0.923. The number of piperidine rings is 2. The van der Waals surface area contributed by atoms with Gasteiger partial charge in [0.15, 0.2) is 0 Å². The molecule has 4 rings (SSSR count). The van der Waals surface area contributed by atoms with Gasteiger partial charge in [0.1, 0.15) is 0 Å². The van der Waals surface area contributed by atoms with Crippen LogP contribution in [0.25, 0.3) is 0 Å². The Hall–Kier alpha value is -1.06. The third kappa shape index (κ3) is 5.22. The van der Waals surface area contributed by atoms with Crippen LogP contribution in [0.2, 0.25) is 0 Å². The van der Waals surface area contributed by atoms with Crippen LogP contribution in [0.4, 0.5) is 0 Å². The molecule has 2 heterocycles. The molecule has 0 aromatic rings. The van der Waals surface area contributed by atoms with Gasteiger partial charge in [-0.1, -0.05) is 6.92 Å². The van der Waals surface area contributed by atoms with E-state index >= 15 is 0 Å². The minimum absolute atomic E-state index is 0.251. The zero-order valence-corrected chi connectivity index (χ0v) is 19.5. The minimum Gasteiger partial charge on any atom is -0.343 e. The number of amides is 2. The van der Waals surface area contributed by atoms with Crippen molar-refractivity contribution in [2.45, 2.75) is 97.3 Å². The summed E-state index contributed by atoms with van der Waals surface area (Å²) < 4.78 is 0. The number of hydrogen-bond acceptors (Lipinski definition) is 2. The molecule has 0 aromatic heterocycles. The zero-order chi connectivity index (χ0) is 21.1. The van der Waals surface area contributed by atoms with Crippen LogP contribution in [0.1, 0.15) is 97.3 Å². The van der Waals surface area contributed by atoms with Gasteiger partial charge >= 0.3 is 0 Å². The van der Waals surface area contributed by atoms with Crippen molar-refractivity contribution >= 4 is 11.8 Å². The normalized spacial score (nSPS) is 31.1. The summed E-state index contributed by atoms with van der Waals surface area (Å²) in [5.74, 6) is 3.59. The van der Waals surface area contributed by atoms with Crippen LogP contribution in [-0.4, -0.2) is 47.8 Å². The molecule has 170 valence electrons. The van der Waals surface area contributed by atoms with Crippen LogP contribution in [0, 0.1) is 29.1 Å². The van der Waals surface area contributed by atoms with Crippen molar-refractivity contribution in [3.05, 3.63) is 0 Å². The van der Waals surface area contributed by atoms with Gasteiger partial charge < -0.3 is 9.80 Å². The van der Waals surface area contributed by atoms with Crippen LogP contribution >= 0.6 is 0 Å². The Morgan fingerprint density at radius 2 is 1.30 bits per heavy atom. The summed E-state index contributed by atoms with van der Waals surface area (Å²) in [5.41, 5.74) is 0.537. The molecular formula is C26H44N2O2. The number of carbonyl (C=O) groups is 2. The van der Waals surface area contributed by atoms with E-state index in [9.17, 15) is 9.59 Å². The van der Waals surface area contributed by atoms with Gasteiger partial charge in [-0.3, -0.25) is 9.59 Å². The molecular weight excluding hydrogens is 372 g/mol. The fourth-order valence-corrected chi connectivity index (χ4v) is 6.95. The highest BCUT2D eigenvalue weighted by Crippen LogP contribution is 2.48. The zero-order valence-electron chi connectivity index (χ0n) is 19.5. The summed E-state index contributed by atoms with van der Waals surface area (Å²) >= 11 is 0. The smallest absolute Gasteiger partial charge is 0.225 e. The topological polar surface area (TPSA) is 40.6 Å². The molecule has 2 amide bonds. The molecule has 0 N–H and O–H groups in total. The highest BCUT2D eigenvalue weighted by Gasteiger charge is 2.39. The van der Waals surface area contributed by atoms with Gasteiger partial charge in [0, 0.05) is 39.0 Å². The van der Waals surface area contributed by atoms with E-state index < -0.39 is 0 Å². The Morgan fingerprint density at radius 3 is 1.87 bits per heavy atom. The monoisotopic (exact) mass is 416 g/mol. The van der Waals surface area contributed by atoms with E-state index in [1.54, 1.807) is 6.92 Å². The Morgan fingerprint density at radius 1 is 0.733 bits per heavy atom. The first-order valence-corrected chi connectivity index (χ1v) is 13.0. The molecule has 2 aliphatic heterocycles. The van der Waals surface area contributed by atoms with Crippen molar-refractivity contribution in [3.63, 3.8) is 0 Å². The van der Waals surface area contributed by atoms with Crippen molar-refractivity contribution < 1.29 is 9.59 Å². The number of likely N-dealkylation sites (tertiary alicyclic amines) is 2. The third-order valence-corrected chi connectivity index (χ3v) is 9.39. The Bertz CT molecular complexity index is 584. The first-order valence-electron chi connectivity index (χ1n) is 13.0. The standard InChI is InChI=1S/C26H44N2O2/c1-20-3-5-24(6-4-20)25(30)28-15-9-23(10-16-28)19-22-7-11-26(12-8-22)13-17-27(18-14-26)21(2)29/h20,22-24H,3-19H2,1-2H3/t20-,24-. The second kappa shape index (κ2) is 9.61. The lowest BCUT2D eigenvalue weighted by atomic mass is 9.64. The molecule has 4 aliphatic rings. The quantitative estimate of drug-likeness (QED) is 0.629. The third-order valence-electron chi connectivity index (χ3n) is 9.39. The first-order chi connectivity index (χ1) is 14.4. The molecule has 1 spiro atoms. The van der Waals surface area contributed by atoms with Gasteiger partial charge in [0.25, 0.3) is 0 Å². The predicted molar refractivity (Wildman–Crippen MR) is 121 cm³/mol. The van der Waals surface area contributed by atoms with Gasteiger partial charge in [0.05, 0.1) is 0 Å². The molecule has 4 heteroatoms. The summed E-state index contributed by atoms with van der Waals surface area (Å²) in [4.78, 5) is 28.8. The molecule has 2 aliphatic carbocycles. The van der Waals surface area contributed by atoms with E-state index in [2.05, 4.69) is 11.8 Å². The molecule has 0 radical (unpaired) electrons. The lowest BCUT2D eigenvalue weighted by Crippen LogP contribution is -2.44. The molecule has 2 saturated heterocycles. The van der Waals surface area contributed by atoms with Crippen molar-refractivity contribution in [1.29, 1.82) is 0 Å². The molecule has 4 nitrogen and oxygen atoms in total. The molecule has 30 heavy (non-hydrogen) atoms. The minimum atomic E-state index is 0.251. The summed E-state index contributed by atoms with van der Waals surface area (Å²) in [7, 11) is 0. The molecule has 0 unspecified atom stereocenters. The number of rotatable bonds is 3. The Balaban J connectivity index is 1.16. The molecule has 0 atom stereocenters. The summed E-state index contributed by atoms with van der Waals surface area (Å²) in [6.45, 7) is 8.01. The maximum absolute atomic E-state index is 12.9. The number of carbonyl (C=O) groups excluding carboxylic acids is 2. The van der Waals surface area contributed by atoms with E-state index in [4.69, 9.17) is 0 Å². The van der Waals surface area contributed by atoms with Crippen LogP contribution in [-0.2, 0) is 9.59 Å². The molecule has 2 saturated carbocycles. The van der Waals surface area contributed by atoms with Crippen LogP contribution in [0.3, 0.4) is 0 Å². The van der Waals surface area contributed by atoms with Crippen molar-refractivity contribution in [2.75, 3.05) is 26.2 Å². The van der Waals surface area contributed by atoms with Gasteiger partial charge in [-0.15, -0.1) is 0 Å². The summed E-state index contributed by atoms with van der Waals surface area (Å²) in [5, 5.41) is 0. The van der Waals surface area contributed by atoms with E-state index in [1.807, 2.05) is 4.90 Å². The maximum atomic E-state index is 12.9. The molecule has 0 aromatic carbocycles. The average molecular weight is 417 g/mol. The number of nitrogens with zero attached hydrogens (tertiary/aromatic N) is 2. The van der Waals surface area contributed by atoms with Crippen molar-refractivity contribution in [1.82, 2.24) is 9.80 Å². The SMILES string of the molecule is CC(=O)N1CCC2(CCC(CC3CCN(C(=O)[C@H]4CC[C@H](C)CC4)CC3)CC2)CC1. The number of hydrogen-bond donors (Lipinski definition) is 0. The van der Waals surface area contributed by atoms with E-state index in [0.717, 1.165) is 56.8 Å². The highest BCUT2D eigenvalue weighted by atomic mass is 16.2. The van der Waals surface area contributed by atoms with Crippen molar-refractivity contribution in [3.8, 4) is 0 Å². The first kappa shape index (κ1) is 22.1. The van der Waals surface area contributed by atoms with Gasteiger partial charge in [-0.25, -0.2) is 0 Å². The predicted octanol–water partition coefficient (Wildman–Crippen LogP) is 5.26. The highest BCUT2D eigenvalue weighted by molar-refractivity contribution is 5.79. The maximum Gasteiger partial charge on any atom is 0.225 e. The van der Waals surface area contributed by atoms with E-state index in [0.29, 0.717) is 17.2 Å². The van der Waals surface area contributed by atoms with Gasteiger partial charge in [-0.05, 0) is 107 Å². The van der Waals surface area contributed by atoms with Gasteiger partial charge in [0.2, 0.25) is 11.8 Å². The fourth-order valence-electron chi connectivity index (χ4n) is 6.95. The van der Waals surface area contributed by atoms with Crippen molar-refractivity contribution in [2.24, 2.45) is 29.1 Å². The van der Waals surface area contributed by atoms with Crippen LogP contribution in [0.15, 0.2) is 0 Å². The average Bonchev–Trinajstić information content (AvgIpc) is 2.76.